The maximum absolute atomic E-state index is 12.9. The van der Waals surface area contributed by atoms with Crippen LogP contribution in [0.25, 0.3) is 22.3 Å². The zero-order valence-corrected chi connectivity index (χ0v) is 9.85. The van der Waals surface area contributed by atoms with Crippen LogP contribution in [0, 0.1) is 5.82 Å². The lowest BCUT2D eigenvalue weighted by Gasteiger charge is -2.03. The Morgan fingerprint density at radius 1 is 1.11 bits per heavy atom. The zero-order chi connectivity index (χ0) is 13.4. The number of fused-ring (bicyclic) bond motifs is 1. The standard InChI is InChI=1S/C14H10FN3O/c15-9-3-1-8(2-4-9)13-17-12-6-5-10(16)7-11(12)14(19)18-13/h1-7H,16H2,(H,17,18,19). The number of hydrogen-bond acceptors (Lipinski definition) is 3. The molecule has 0 saturated heterocycles. The molecule has 3 aromatic rings. The summed E-state index contributed by atoms with van der Waals surface area (Å²) in [6.45, 7) is 0. The summed E-state index contributed by atoms with van der Waals surface area (Å²) in [6.07, 6.45) is 0. The minimum absolute atomic E-state index is 0.267. The van der Waals surface area contributed by atoms with Crippen LogP contribution in [0.15, 0.2) is 47.3 Å². The van der Waals surface area contributed by atoms with Gasteiger partial charge < -0.3 is 10.7 Å². The van der Waals surface area contributed by atoms with Crippen molar-refractivity contribution in [2.75, 3.05) is 5.73 Å². The molecule has 0 aliphatic rings. The van der Waals surface area contributed by atoms with Crippen LogP contribution in [-0.4, -0.2) is 9.97 Å². The second-order valence-corrected chi connectivity index (χ2v) is 4.20. The van der Waals surface area contributed by atoms with Crippen molar-refractivity contribution in [2.45, 2.75) is 0 Å². The summed E-state index contributed by atoms with van der Waals surface area (Å²) < 4.78 is 12.9. The molecule has 0 unspecified atom stereocenters. The smallest absolute Gasteiger partial charge is 0.259 e. The van der Waals surface area contributed by atoms with Crippen molar-refractivity contribution in [1.82, 2.24) is 9.97 Å². The number of aromatic amines is 1. The summed E-state index contributed by atoms with van der Waals surface area (Å²) >= 11 is 0. The van der Waals surface area contributed by atoms with Gasteiger partial charge in [-0.2, -0.15) is 0 Å². The minimum atomic E-state index is -0.334. The highest BCUT2D eigenvalue weighted by atomic mass is 19.1. The van der Waals surface area contributed by atoms with E-state index >= 15 is 0 Å². The highest BCUT2D eigenvalue weighted by Crippen LogP contribution is 2.17. The second kappa shape index (κ2) is 4.20. The molecule has 0 bridgehead atoms. The molecule has 0 aliphatic carbocycles. The van der Waals surface area contributed by atoms with Crippen LogP contribution in [0.2, 0.25) is 0 Å². The van der Waals surface area contributed by atoms with E-state index in [9.17, 15) is 9.18 Å². The number of nitrogens with zero attached hydrogens (tertiary/aromatic N) is 1. The van der Waals surface area contributed by atoms with E-state index < -0.39 is 0 Å². The van der Waals surface area contributed by atoms with E-state index in [-0.39, 0.29) is 11.4 Å². The molecule has 0 fully saturated rings. The van der Waals surface area contributed by atoms with Gasteiger partial charge in [-0.15, -0.1) is 0 Å². The SMILES string of the molecule is Nc1ccc2nc(-c3ccc(F)cc3)[nH]c(=O)c2c1. The lowest BCUT2D eigenvalue weighted by Crippen LogP contribution is -2.09. The zero-order valence-electron chi connectivity index (χ0n) is 9.85. The van der Waals surface area contributed by atoms with Gasteiger partial charge in [0, 0.05) is 11.3 Å². The van der Waals surface area contributed by atoms with Crippen LogP contribution >= 0.6 is 0 Å². The number of benzene rings is 2. The van der Waals surface area contributed by atoms with Gasteiger partial charge in [0.05, 0.1) is 10.9 Å². The first kappa shape index (κ1) is 11.4. The topological polar surface area (TPSA) is 71.8 Å². The molecule has 19 heavy (non-hydrogen) atoms. The van der Waals surface area contributed by atoms with Gasteiger partial charge in [0.25, 0.3) is 5.56 Å². The van der Waals surface area contributed by atoms with Crippen LogP contribution < -0.4 is 11.3 Å². The summed E-state index contributed by atoms with van der Waals surface area (Å²) in [5.41, 5.74) is 7.08. The molecule has 0 amide bonds. The van der Waals surface area contributed by atoms with Crippen molar-refractivity contribution in [3.63, 3.8) is 0 Å². The number of nitrogens with two attached hydrogens (primary N) is 1. The van der Waals surface area contributed by atoms with E-state index in [1.807, 2.05) is 0 Å². The van der Waals surface area contributed by atoms with Crippen LogP contribution in [0.3, 0.4) is 0 Å². The van der Waals surface area contributed by atoms with E-state index in [2.05, 4.69) is 9.97 Å². The van der Waals surface area contributed by atoms with Gasteiger partial charge in [0.2, 0.25) is 0 Å². The van der Waals surface area contributed by atoms with Crippen molar-refractivity contribution in [3.05, 3.63) is 58.6 Å². The summed E-state index contributed by atoms with van der Waals surface area (Å²) in [7, 11) is 0. The number of H-pyrrole nitrogens is 1. The number of nitrogens with one attached hydrogen (secondary N) is 1. The van der Waals surface area contributed by atoms with Crippen molar-refractivity contribution < 1.29 is 4.39 Å². The van der Waals surface area contributed by atoms with Crippen LogP contribution in [-0.2, 0) is 0 Å². The predicted octanol–water partition coefficient (Wildman–Crippen LogP) is 2.31. The fourth-order valence-electron chi connectivity index (χ4n) is 1.90. The Kier molecular flexibility index (Phi) is 2.52. The van der Waals surface area contributed by atoms with Gasteiger partial charge >= 0.3 is 0 Å². The van der Waals surface area contributed by atoms with Crippen LogP contribution in [0.1, 0.15) is 0 Å². The first-order valence-electron chi connectivity index (χ1n) is 5.69. The lowest BCUT2D eigenvalue weighted by molar-refractivity contribution is 0.628. The molecule has 0 radical (unpaired) electrons. The fraction of sp³-hybridized carbons (Fsp3) is 0. The monoisotopic (exact) mass is 255 g/mol. The van der Waals surface area contributed by atoms with Gasteiger partial charge in [-0.25, -0.2) is 9.37 Å². The molecule has 3 N–H and O–H groups in total. The van der Waals surface area contributed by atoms with Crippen LogP contribution in [0.5, 0.6) is 0 Å². The van der Waals surface area contributed by atoms with Gasteiger partial charge in [0.1, 0.15) is 11.6 Å². The number of rotatable bonds is 1. The Bertz CT molecular complexity index is 809. The fourth-order valence-corrected chi connectivity index (χ4v) is 1.90. The summed E-state index contributed by atoms with van der Waals surface area (Å²) in [4.78, 5) is 19.0. The average molecular weight is 255 g/mol. The molecule has 1 aromatic heterocycles. The molecule has 3 rings (SSSR count). The maximum Gasteiger partial charge on any atom is 0.259 e. The third-order valence-electron chi connectivity index (χ3n) is 2.85. The third-order valence-corrected chi connectivity index (χ3v) is 2.85. The number of halogens is 1. The first-order valence-corrected chi connectivity index (χ1v) is 5.69. The van der Waals surface area contributed by atoms with Crippen molar-refractivity contribution in [2.24, 2.45) is 0 Å². The van der Waals surface area contributed by atoms with Crippen molar-refractivity contribution >= 4 is 16.6 Å². The molecular formula is C14H10FN3O. The Balaban J connectivity index is 2.24. The molecule has 0 spiro atoms. The Hall–Kier alpha value is -2.69. The van der Waals surface area contributed by atoms with Gasteiger partial charge in [-0.05, 0) is 42.5 Å². The van der Waals surface area contributed by atoms with E-state index in [1.165, 1.54) is 12.1 Å². The highest BCUT2D eigenvalue weighted by molar-refractivity contribution is 5.82. The van der Waals surface area contributed by atoms with E-state index in [0.29, 0.717) is 28.0 Å². The third kappa shape index (κ3) is 2.06. The number of aromatic nitrogens is 2. The van der Waals surface area contributed by atoms with Gasteiger partial charge in [-0.3, -0.25) is 4.79 Å². The Morgan fingerprint density at radius 2 is 1.84 bits per heavy atom. The predicted molar refractivity (Wildman–Crippen MR) is 72.2 cm³/mol. The van der Waals surface area contributed by atoms with Crippen molar-refractivity contribution in [3.8, 4) is 11.4 Å². The molecule has 1 heterocycles. The maximum atomic E-state index is 12.9. The highest BCUT2D eigenvalue weighted by Gasteiger charge is 2.06. The molecule has 0 saturated carbocycles. The number of anilines is 1. The molecule has 0 atom stereocenters. The molecule has 94 valence electrons. The average Bonchev–Trinajstić information content (AvgIpc) is 2.40. The second-order valence-electron chi connectivity index (χ2n) is 4.20. The normalized spacial score (nSPS) is 10.8. The first-order chi connectivity index (χ1) is 9.13. The van der Waals surface area contributed by atoms with Crippen molar-refractivity contribution in [1.29, 1.82) is 0 Å². The number of hydrogen-bond donors (Lipinski definition) is 2. The largest absolute Gasteiger partial charge is 0.399 e. The Morgan fingerprint density at radius 3 is 2.58 bits per heavy atom. The quantitative estimate of drug-likeness (QED) is 0.655. The number of nitrogen functional groups attached to an aromatic ring is 1. The summed E-state index contributed by atoms with van der Waals surface area (Å²) in [6, 6.07) is 10.7. The molecule has 4 nitrogen and oxygen atoms in total. The molecule has 0 aliphatic heterocycles. The van der Waals surface area contributed by atoms with E-state index in [1.54, 1.807) is 30.3 Å². The Labute approximate surface area is 107 Å². The molecule has 5 heteroatoms. The minimum Gasteiger partial charge on any atom is -0.399 e. The van der Waals surface area contributed by atoms with Crippen LogP contribution in [0.4, 0.5) is 10.1 Å². The van der Waals surface area contributed by atoms with E-state index in [4.69, 9.17) is 5.73 Å². The van der Waals surface area contributed by atoms with Gasteiger partial charge in [0.15, 0.2) is 0 Å². The summed E-state index contributed by atoms with van der Waals surface area (Å²) in [5, 5.41) is 0.436. The summed E-state index contributed by atoms with van der Waals surface area (Å²) in [5.74, 6) is 0.0712. The lowest BCUT2D eigenvalue weighted by atomic mass is 10.2. The molecule has 2 aromatic carbocycles. The molecular weight excluding hydrogens is 245 g/mol. The van der Waals surface area contributed by atoms with E-state index in [0.717, 1.165) is 0 Å². The van der Waals surface area contributed by atoms with Gasteiger partial charge in [-0.1, -0.05) is 0 Å².